The number of carbonyl (C=O) groups excluding carboxylic acids is 4. The molecule has 5 aliphatic heterocycles. The molecule has 622 valence electrons. The molecule has 21 rings (SSSR count). The second kappa shape index (κ2) is 31.8. The van der Waals surface area contributed by atoms with Gasteiger partial charge < -0.3 is 76.2 Å². The quantitative estimate of drug-likeness (QED) is 0.0489. The first-order valence-electron chi connectivity index (χ1n) is 40.8. The minimum Gasteiger partial charge on any atom is -0.485 e. The van der Waals surface area contributed by atoms with Gasteiger partial charge in [0.2, 0.25) is 28.7 Å². The fourth-order valence-electron chi connectivity index (χ4n) is 16.3. The van der Waals surface area contributed by atoms with Crippen molar-refractivity contribution >= 4 is 29.8 Å². The lowest BCUT2D eigenvalue weighted by Gasteiger charge is -2.28. The highest BCUT2D eigenvalue weighted by Crippen LogP contribution is 2.60. The average Bonchev–Trinajstić information content (AvgIpc) is 1.58. The predicted molar refractivity (Wildman–Crippen MR) is 464 cm³/mol. The van der Waals surface area contributed by atoms with Crippen LogP contribution in [0.3, 0.4) is 0 Å². The van der Waals surface area contributed by atoms with Gasteiger partial charge in [-0.3, -0.25) is 0 Å². The number of fused-ring (bicyclic) bond motifs is 5. The Kier molecular flexibility index (Phi) is 19.4. The zero-order chi connectivity index (χ0) is 86.6. The van der Waals surface area contributed by atoms with E-state index >= 15 is 19.2 Å². The molecular weight excluding hydrogens is 1620 g/mol. The van der Waals surface area contributed by atoms with Gasteiger partial charge in [-0.25, -0.2) is 24.0 Å². The molecule has 0 saturated heterocycles. The van der Waals surface area contributed by atoms with Crippen molar-refractivity contribution in [2.45, 2.75) is 35.5 Å². The first-order chi connectivity index (χ1) is 62.7. The predicted octanol–water partition coefficient (Wildman–Crippen LogP) is 21.2. The molecule has 16 aromatic carbocycles. The summed E-state index contributed by atoms with van der Waals surface area (Å²) in [7, 11) is 0. The molecule has 16 aromatic rings. The number of esters is 4. The van der Waals surface area contributed by atoms with Crippen LogP contribution < -0.4 is 71.1 Å². The van der Waals surface area contributed by atoms with Gasteiger partial charge in [-0.15, -0.1) is 0 Å². The van der Waals surface area contributed by atoms with E-state index in [0.29, 0.717) is 55.6 Å². The molecule has 0 radical (unpaired) electrons. The zero-order valence-corrected chi connectivity index (χ0v) is 67.3. The van der Waals surface area contributed by atoms with Crippen LogP contribution in [-0.4, -0.2) is 35.0 Å². The lowest BCUT2D eigenvalue weighted by atomic mass is 9.97. The van der Waals surface area contributed by atoms with Gasteiger partial charge in [-0.2, -0.15) is 0 Å². The second-order valence-electron chi connectivity index (χ2n) is 30.4. The van der Waals surface area contributed by atoms with Crippen molar-refractivity contribution in [3.8, 4) is 86.2 Å². The number of benzene rings is 16. The monoisotopic (exact) mass is 1690 g/mol. The molecule has 0 fully saturated rings. The Morgan fingerprint density at radius 2 is 0.383 bits per heavy atom. The molecule has 1 N–H and O–H groups in total. The van der Waals surface area contributed by atoms with Crippen molar-refractivity contribution in [2.24, 2.45) is 0 Å². The van der Waals surface area contributed by atoms with E-state index in [0.717, 1.165) is 11.6 Å². The van der Waals surface area contributed by atoms with Crippen LogP contribution in [0, 0.1) is 0 Å². The van der Waals surface area contributed by atoms with E-state index in [1.54, 1.807) is 146 Å². The normalized spacial score (nSPS) is 14.6. The summed E-state index contributed by atoms with van der Waals surface area (Å²) in [6, 6.07) is 113. The van der Waals surface area contributed by atoms with Gasteiger partial charge in [-0.1, -0.05) is 334 Å². The molecule has 0 aromatic heterocycles. The third kappa shape index (κ3) is 13.8. The van der Waals surface area contributed by atoms with Gasteiger partial charge >= 0.3 is 58.8 Å². The van der Waals surface area contributed by atoms with Crippen molar-refractivity contribution in [1.82, 2.24) is 0 Å². The fraction of sp³-hybridized carbons (Fsp3) is 0.0561. The van der Waals surface area contributed by atoms with Crippen LogP contribution in [0.4, 0.5) is 0 Å². The van der Waals surface area contributed by atoms with Gasteiger partial charge in [0, 0.05) is 55.6 Å². The molecule has 128 heavy (non-hydrogen) atoms. The Hall–Kier alpha value is -17.3. The van der Waals surface area contributed by atoms with Crippen molar-refractivity contribution < 1.29 is 100 Å². The number of carbonyl (C=O) groups is 5. The first-order valence-corrected chi connectivity index (χ1v) is 40.8. The summed E-state index contributed by atoms with van der Waals surface area (Å²) in [6.07, 6.45) is 0. The number of hydrogen-bond acceptors (Lipinski definition) is 20. The Bertz CT molecular complexity index is 6780. The van der Waals surface area contributed by atoms with Gasteiger partial charge in [0.15, 0.2) is 57.5 Å². The Morgan fingerprint density at radius 3 is 0.586 bits per heavy atom. The number of carboxylic acid groups (broad SMARTS) is 1. The first kappa shape index (κ1) is 78.0. The highest BCUT2D eigenvalue weighted by molar-refractivity contribution is 5.99. The topological polar surface area (TPSA) is 244 Å². The molecule has 0 bridgehead atoms. The highest BCUT2D eigenvalue weighted by atomic mass is 16.8. The fourth-order valence-corrected chi connectivity index (χ4v) is 16.3. The maximum Gasteiger partial charge on any atom is 0.343 e. The number of aromatic carboxylic acids is 1. The van der Waals surface area contributed by atoms with Gasteiger partial charge in [-0.05, 0) is 66.2 Å². The molecule has 0 amide bonds. The van der Waals surface area contributed by atoms with E-state index in [-0.39, 0.29) is 109 Å². The minimum atomic E-state index is -1.83. The van der Waals surface area contributed by atoms with Crippen molar-refractivity contribution in [1.29, 1.82) is 0 Å². The van der Waals surface area contributed by atoms with Crippen LogP contribution in [0.5, 0.6) is 86.2 Å². The molecule has 0 unspecified atom stereocenters. The van der Waals surface area contributed by atoms with Crippen molar-refractivity contribution in [3.05, 3.63) is 483 Å². The lowest BCUT2D eigenvalue weighted by Crippen LogP contribution is -2.36. The van der Waals surface area contributed by atoms with Crippen LogP contribution in [0.15, 0.2) is 394 Å². The molecule has 5 heterocycles. The van der Waals surface area contributed by atoms with E-state index < -0.39 is 70.3 Å². The zero-order valence-electron chi connectivity index (χ0n) is 67.3. The molecule has 0 spiro atoms. The van der Waals surface area contributed by atoms with Gasteiger partial charge in [0.1, 0.15) is 6.61 Å². The number of carboxylic acids is 1. The largest absolute Gasteiger partial charge is 0.485 e. The lowest BCUT2D eigenvalue weighted by molar-refractivity contribution is -0.0471. The summed E-state index contributed by atoms with van der Waals surface area (Å²) in [4.78, 5) is 76.2. The maximum atomic E-state index is 16.0. The van der Waals surface area contributed by atoms with E-state index in [2.05, 4.69) is 0 Å². The van der Waals surface area contributed by atoms with Crippen LogP contribution in [0.2, 0.25) is 0 Å². The summed E-state index contributed by atoms with van der Waals surface area (Å²) in [5.74, 6) is -16.2. The maximum absolute atomic E-state index is 16.0. The van der Waals surface area contributed by atoms with Crippen LogP contribution in [0.25, 0.3) is 0 Å². The Morgan fingerprint density at radius 1 is 0.211 bits per heavy atom. The summed E-state index contributed by atoms with van der Waals surface area (Å²) >= 11 is 0. The van der Waals surface area contributed by atoms with Crippen LogP contribution >= 0.6 is 0 Å². The van der Waals surface area contributed by atoms with E-state index in [1.165, 1.54) is 54.6 Å². The standard InChI is InChI=1S/C107H68O21/c108-98(109)68-56-84(94-88(57-68)119-104(125-94,75-40-18-4-19-41-75)76-42-20-5-21-43-76)115-100(111)70-59-86(96-90(63-70)121-106(127-96,79-48-26-8-27-49-79)80-50-28-9-29-51-80)117-102(113)72-61-87(97-92(65-72)123-107(128-97,81-52-30-10-31-53-81)82-54-32-11-33-55-82)118-101(112)71-60-85(95-91(64-71)122-105(126-95,77-44-22-6-23-45-77)78-46-24-7-25-47-78)116-99(110)69-58-83(114-66-67-34-12-1-13-35-67)93-89(62-69)120-103(124-93,73-36-14-2-15-37-73)74-38-16-3-17-39-74/h1-65H,66H2,(H,108,109). The molecule has 5 aliphatic rings. The van der Waals surface area contributed by atoms with Crippen LogP contribution in [-0.2, 0) is 35.5 Å². The Labute approximate surface area is 731 Å². The molecule has 0 atom stereocenters. The molecule has 21 heteroatoms. The Balaban J connectivity index is 0.678. The minimum absolute atomic E-state index is 0.0500. The summed E-state index contributed by atoms with van der Waals surface area (Å²) in [6.45, 7) is 0.0500. The van der Waals surface area contributed by atoms with E-state index in [4.69, 9.17) is 71.1 Å². The average molecular weight is 1690 g/mol. The smallest absolute Gasteiger partial charge is 0.343 e. The summed E-state index contributed by atoms with van der Waals surface area (Å²) in [5.41, 5.74) is 4.86. The van der Waals surface area contributed by atoms with E-state index in [1.807, 2.05) is 188 Å². The van der Waals surface area contributed by atoms with Gasteiger partial charge in [0.25, 0.3) is 0 Å². The number of hydrogen-bond donors (Lipinski definition) is 1. The molecule has 21 nitrogen and oxygen atoms in total. The summed E-state index contributed by atoms with van der Waals surface area (Å²) < 4.78 is 102. The molecule has 0 saturated carbocycles. The number of ether oxygens (including phenoxy) is 15. The number of rotatable bonds is 22. The van der Waals surface area contributed by atoms with Crippen LogP contribution in [0.1, 0.15) is 113 Å². The van der Waals surface area contributed by atoms with Crippen molar-refractivity contribution in [3.63, 3.8) is 0 Å². The van der Waals surface area contributed by atoms with Gasteiger partial charge in [0.05, 0.1) is 27.8 Å². The SMILES string of the molecule is O=C(O)c1cc(OC(=O)c2cc(OC(=O)c3cc(OC(=O)c4cc(OC(=O)c5cc(OCc6ccccc6)c6c(c5)OC(c5ccccc5)(c5ccccc5)O6)c5c(c4)OC(c4ccccc4)(c4ccccc4)O5)c4c(c3)OC(c3ccccc3)(c3ccccc3)O4)c3c(c2)OC(c2ccccc2)(c2ccccc2)O3)c2c(c1)OC(c1ccccc1)(c1ccccc1)O2. The van der Waals surface area contributed by atoms with Crippen molar-refractivity contribution in [2.75, 3.05) is 0 Å². The second-order valence-corrected chi connectivity index (χ2v) is 30.4. The van der Waals surface area contributed by atoms with E-state index in [9.17, 15) is 9.90 Å². The molecular formula is C107H68O21. The summed E-state index contributed by atoms with van der Waals surface area (Å²) in [5, 5.41) is 10.6. The highest BCUT2D eigenvalue weighted by Gasteiger charge is 2.54. The third-order valence-electron chi connectivity index (χ3n) is 22.4. The third-order valence-corrected chi connectivity index (χ3v) is 22.4. The molecule has 0 aliphatic carbocycles.